The van der Waals surface area contributed by atoms with Gasteiger partial charge in [0.1, 0.15) is 5.75 Å². The van der Waals surface area contributed by atoms with Crippen LogP contribution >= 0.6 is 11.6 Å². The summed E-state index contributed by atoms with van der Waals surface area (Å²) in [7, 11) is 1.56. The van der Waals surface area contributed by atoms with Crippen LogP contribution in [0.1, 0.15) is 22.8 Å². The zero-order valence-electron chi connectivity index (χ0n) is 12.1. The third-order valence-electron chi connectivity index (χ3n) is 3.01. The second-order valence-corrected chi connectivity index (χ2v) is 4.84. The van der Waals surface area contributed by atoms with E-state index in [0.29, 0.717) is 28.6 Å². The monoisotopic (exact) mass is 305 g/mol. The third-order valence-corrected chi connectivity index (χ3v) is 3.49. The van der Waals surface area contributed by atoms with E-state index in [1.54, 1.807) is 38.4 Å². The summed E-state index contributed by atoms with van der Waals surface area (Å²) in [6, 6.07) is 7.02. The van der Waals surface area contributed by atoms with Gasteiger partial charge in [0.25, 0.3) is 0 Å². The highest BCUT2D eigenvalue weighted by atomic mass is 35.5. The number of aryl methyl sites for hydroxylation is 1. The Balaban J connectivity index is 2.45. The molecule has 1 aromatic carbocycles. The molecule has 0 amide bonds. The molecule has 0 aliphatic rings. The van der Waals surface area contributed by atoms with Crippen LogP contribution in [0.3, 0.4) is 0 Å². The summed E-state index contributed by atoms with van der Waals surface area (Å²) in [6.45, 7) is 4.00. The second kappa shape index (κ2) is 6.59. The van der Waals surface area contributed by atoms with Gasteiger partial charge in [-0.15, -0.1) is 0 Å². The predicted octanol–water partition coefficient (Wildman–Crippen LogP) is 3.90. The number of carbonyl (C=O) groups is 1. The molecule has 0 bridgehead atoms. The van der Waals surface area contributed by atoms with Gasteiger partial charge in [-0.1, -0.05) is 11.6 Å². The van der Waals surface area contributed by atoms with E-state index in [4.69, 9.17) is 21.1 Å². The van der Waals surface area contributed by atoms with Gasteiger partial charge in [0, 0.05) is 11.8 Å². The van der Waals surface area contributed by atoms with E-state index < -0.39 is 0 Å². The Morgan fingerprint density at radius 3 is 2.76 bits per heavy atom. The van der Waals surface area contributed by atoms with Crippen LogP contribution < -0.4 is 4.74 Å². The van der Waals surface area contributed by atoms with Crippen molar-refractivity contribution >= 4 is 17.6 Å². The van der Waals surface area contributed by atoms with Crippen molar-refractivity contribution in [3.63, 3.8) is 0 Å². The molecule has 0 saturated heterocycles. The van der Waals surface area contributed by atoms with Crippen molar-refractivity contribution in [1.29, 1.82) is 0 Å². The number of rotatable bonds is 4. The van der Waals surface area contributed by atoms with Crippen molar-refractivity contribution in [2.24, 2.45) is 0 Å². The summed E-state index contributed by atoms with van der Waals surface area (Å²) >= 11 is 6.16. The maximum Gasteiger partial charge on any atom is 0.338 e. The zero-order valence-corrected chi connectivity index (χ0v) is 12.9. The van der Waals surface area contributed by atoms with Crippen molar-refractivity contribution in [2.75, 3.05) is 13.7 Å². The Morgan fingerprint density at radius 2 is 2.10 bits per heavy atom. The topological polar surface area (TPSA) is 48.4 Å². The summed E-state index contributed by atoms with van der Waals surface area (Å²) < 4.78 is 10.2. The van der Waals surface area contributed by atoms with Crippen molar-refractivity contribution in [1.82, 2.24) is 4.98 Å². The standard InChI is InChI=1S/C16H16ClNO3/c1-4-21-16(19)11-5-6-18-13(8-11)12-7-10(2)15(17)14(9-12)20-3/h5-9H,4H2,1-3H3. The van der Waals surface area contributed by atoms with Crippen LogP contribution in [0.2, 0.25) is 5.02 Å². The first-order valence-corrected chi connectivity index (χ1v) is 6.92. The normalized spacial score (nSPS) is 10.3. The molecule has 0 N–H and O–H groups in total. The molecule has 0 atom stereocenters. The van der Waals surface area contributed by atoms with Crippen LogP contribution in [-0.4, -0.2) is 24.7 Å². The molecule has 0 aliphatic heterocycles. The van der Waals surface area contributed by atoms with Gasteiger partial charge in [-0.2, -0.15) is 0 Å². The summed E-state index contributed by atoms with van der Waals surface area (Å²) in [6.07, 6.45) is 1.58. The van der Waals surface area contributed by atoms with Crippen molar-refractivity contribution in [3.8, 4) is 17.0 Å². The number of hydrogen-bond donors (Lipinski definition) is 0. The number of halogens is 1. The Kier molecular flexibility index (Phi) is 4.81. The van der Waals surface area contributed by atoms with Crippen molar-refractivity contribution < 1.29 is 14.3 Å². The first kappa shape index (κ1) is 15.3. The zero-order chi connectivity index (χ0) is 15.4. The number of ether oxygens (including phenoxy) is 2. The van der Waals surface area contributed by atoms with Crippen LogP contribution in [-0.2, 0) is 4.74 Å². The number of carbonyl (C=O) groups excluding carboxylic acids is 1. The Bertz CT molecular complexity index is 671. The molecule has 2 aromatic rings. The maximum absolute atomic E-state index is 11.8. The maximum atomic E-state index is 11.8. The van der Waals surface area contributed by atoms with Crippen molar-refractivity contribution in [3.05, 3.63) is 46.6 Å². The lowest BCUT2D eigenvalue weighted by Gasteiger charge is -2.10. The lowest BCUT2D eigenvalue weighted by Crippen LogP contribution is -2.05. The van der Waals surface area contributed by atoms with E-state index in [9.17, 15) is 4.79 Å². The van der Waals surface area contributed by atoms with Gasteiger partial charge in [-0.25, -0.2) is 4.79 Å². The second-order valence-electron chi connectivity index (χ2n) is 4.46. The Morgan fingerprint density at radius 1 is 1.33 bits per heavy atom. The summed E-state index contributed by atoms with van der Waals surface area (Å²) in [5.74, 6) is 0.216. The molecule has 0 radical (unpaired) electrons. The highest BCUT2D eigenvalue weighted by molar-refractivity contribution is 6.32. The van der Waals surface area contributed by atoms with Crippen LogP contribution in [0, 0.1) is 6.92 Å². The number of nitrogens with zero attached hydrogens (tertiary/aromatic N) is 1. The van der Waals surface area contributed by atoms with Gasteiger partial charge in [-0.05, 0) is 43.7 Å². The molecule has 0 saturated carbocycles. The van der Waals surface area contributed by atoms with Gasteiger partial charge >= 0.3 is 5.97 Å². The molecule has 1 heterocycles. The molecule has 110 valence electrons. The molecule has 0 fully saturated rings. The predicted molar refractivity (Wildman–Crippen MR) is 81.9 cm³/mol. The lowest BCUT2D eigenvalue weighted by atomic mass is 10.1. The molecule has 21 heavy (non-hydrogen) atoms. The van der Waals surface area contributed by atoms with Gasteiger partial charge < -0.3 is 9.47 Å². The fraction of sp³-hybridized carbons (Fsp3) is 0.250. The number of aromatic nitrogens is 1. The molecule has 1 aromatic heterocycles. The van der Waals surface area contributed by atoms with Gasteiger partial charge in [0.15, 0.2) is 0 Å². The Labute approximate surface area is 128 Å². The number of methoxy groups -OCH3 is 1. The van der Waals surface area contributed by atoms with Gasteiger partial charge in [-0.3, -0.25) is 4.98 Å². The third kappa shape index (κ3) is 3.34. The lowest BCUT2D eigenvalue weighted by molar-refractivity contribution is 0.0526. The fourth-order valence-corrected chi connectivity index (χ4v) is 2.15. The number of pyridine rings is 1. The van der Waals surface area contributed by atoms with E-state index in [-0.39, 0.29) is 5.97 Å². The van der Waals surface area contributed by atoms with Gasteiger partial charge in [0.2, 0.25) is 0 Å². The molecule has 0 spiro atoms. The first-order chi connectivity index (χ1) is 10.1. The van der Waals surface area contributed by atoms with Crippen LogP contribution in [0.15, 0.2) is 30.5 Å². The molecule has 5 heteroatoms. The average molecular weight is 306 g/mol. The molecular weight excluding hydrogens is 290 g/mol. The minimum absolute atomic E-state index is 0.338. The average Bonchev–Trinajstić information content (AvgIpc) is 2.50. The SMILES string of the molecule is CCOC(=O)c1ccnc(-c2cc(C)c(Cl)c(OC)c2)c1. The van der Waals surface area contributed by atoms with Crippen LogP contribution in [0.4, 0.5) is 0 Å². The molecular formula is C16H16ClNO3. The van der Waals surface area contributed by atoms with E-state index in [1.807, 2.05) is 13.0 Å². The largest absolute Gasteiger partial charge is 0.495 e. The fourth-order valence-electron chi connectivity index (χ4n) is 1.96. The number of hydrogen-bond acceptors (Lipinski definition) is 4. The molecule has 4 nitrogen and oxygen atoms in total. The smallest absolute Gasteiger partial charge is 0.338 e. The molecule has 0 aliphatic carbocycles. The van der Waals surface area contributed by atoms with E-state index in [0.717, 1.165) is 11.1 Å². The minimum atomic E-state index is -0.362. The van der Waals surface area contributed by atoms with E-state index >= 15 is 0 Å². The minimum Gasteiger partial charge on any atom is -0.495 e. The number of esters is 1. The quantitative estimate of drug-likeness (QED) is 0.804. The van der Waals surface area contributed by atoms with Crippen LogP contribution in [0.25, 0.3) is 11.3 Å². The summed E-state index contributed by atoms with van der Waals surface area (Å²) in [5.41, 5.74) is 2.85. The van der Waals surface area contributed by atoms with E-state index in [2.05, 4.69) is 4.98 Å². The highest BCUT2D eigenvalue weighted by Crippen LogP contribution is 2.33. The summed E-state index contributed by atoms with van der Waals surface area (Å²) in [4.78, 5) is 16.1. The summed E-state index contributed by atoms with van der Waals surface area (Å²) in [5, 5.41) is 0.572. The molecule has 0 unspecified atom stereocenters. The molecule has 2 rings (SSSR count). The van der Waals surface area contributed by atoms with Gasteiger partial charge in [0.05, 0.1) is 30.0 Å². The van der Waals surface area contributed by atoms with Crippen LogP contribution in [0.5, 0.6) is 5.75 Å². The highest BCUT2D eigenvalue weighted by Gasteiger charge is 2.12. The van der Waals surface area contributed by atoms with Crippen molar-refractivity contribution in [2.45, 2.75) is 13.8 Å². The Hall–Kier alpha value is -2.07. The number of benzene rings is 1. The van der Waals surface area contributed by atoms with E-state index in [1.165, 1.54) is 0 Å². The first-order valence-electron chi connectivity index (χ1n) is 6.54.